The number of thiophene rings is 1. The van der Waals surface area contributed by atoms with Crippen molar-refractivity contribution in [3.63, 3.8) is 0 Å². The van der Waals surface area contributed by atoms with Gasteiger partial charge in [-0.2, -0.15) is 0 Å². The third kappa shape index (κ3) is 3.47. The van der Waals surface area contributed by atoms with Crippen LogP contribution in [0, 0.1) is 0 Å². The summed E-state index contributed by atoms with van der Waals surface area (Å²) in [6, 6.07) is 1.92. The van der Waals surface area contributed by atoms with Crippen molar-refractivity contribution in [3.05, 3.63) is 29.3 Å². The molecule has 5 nitrogen and oxygen atoms in total. The summed E-state index contributed by atoms with van der Waals surface area (Å²) in [4.78, 5) is 19.8. The van der Waals surface area contributed by atoms with E-state index in [-0.39, 0.29) is 0 Å². The van der Waals surface area contributed by atoms with Crippen molar-refractivity contribution >= 4 is 39.0 Å². The van der Waals surface area contributed by atoms with E-state index in [1.807, 2.05) is 25.1 Å². The highest BCUT2D eigenvalue weighted by Crippen LogP contribution is 2.40. The lowest BCUT2D eigenvalue weighted by molar-refractivity contribution is 0.0605. The zero-order chi connectivity index (χ0) is 17.0. The molecular weight excluding hydrogens is 312 g/mol. The topological polar surface area (TPSA) is 51.7 Å². The predicted molar refractivity (Wildman–Crippen MR) is 95.2 cm³/mol. The van der Waals surface area contributed by atoms with E-state index in [4.69, 9.17) is 9.47 Å². The van der Waals surface area contributed by atoms with Crippen LogP contribution in [0.15, 0.2) is 18.8 Å². The van der Waals surface area contributed by atoms with Gasteiger partial charge in [0.1, 0.15) is 15.5 Å². The maximum absolute atomic E-state index is 12.2. The molecular formula is C17H22N2O3S. The minimum atomic E-state index is -0.395. The van der Waals surface area contributed by atoms with E-state index >= 15 is 0 Å². The van der Waals surface area contributed by atoms with Gasteiger partial charge in [-0.1, -0.05) is 19.9 Å². The summed E-state index contributed by atoms with van der Waals surface area (Å²) >= 11 is 1.30. The fourth-order valence-electron chi connectivity index (χ4n) is 2.29. The summed E-state index contributed by atoms with van der Waals surface area (Å²) in [5, 5.41) is 0.879. The van der Waals surface area contributed by atoms with Crippen LogP contribution in [0.25, 0.3) is 16.0 Å². The standard InChI is InChI=1S/C17H22N2O3S/c1-6-7-10-22-11(2)13-14-12(19(3)4)8-9-18-16(14)23-15(13)17(20)21-5/h8-9H,2,6-7,10H2,1,3-5H3. The second kappa shape index (κ2) is 7.46. The molecule has 0 radical (unpaired) electrons. The van der Waals surface area contributed by atoms with Crippen LogP contribution >= 0.6 is 11.3 Å². The van der Waals surface area contributed by atoms with E-state index in [9.17, 15) is 4.79 Å². The molecule has 0 atom stereocenters. The molecule has 6 heteroatoms. The second-order valence-electron chi connectivity index (χ2n) is 5.33. The number of fused-ring (bicyclic) bond motifs is 1. The third-order valence-electron chi connectivity index (χ3n) is 3.48. The Kier molecular flexibility index (Phi) is 5.60. The Hall–Kier alpha value is -2.08. The van der Waals surface area contributed by atoms with Crippen molar-refractivity contribution in [2.45, 2.75) is 19.8 Å². The number of hydrogen-bond donors (Lipinski definition) is 0. The fourth-order valence-corrected chi connectivity index (χ4v) is 3.39. The summed E-state index contributed by atoms with van der Waals surface area (Å²) in [5.74, 6) is 0.0918. The van der Waals surface area contributed by atoms with Gasteiger partial charge in [-0.3, -0.25) is 0 Å². The second-order valence-corrected chi connectivity index (χ2v) is 6.33. The van der Waals surface area contributed by atoms with Crippen LogP contribution in [0.2, 0.25) is 0 Å². The zero-order valence-corrected chi connectivity index (χ0v) is 14.8. The molecule has 2 aromatic heterocycles. The third-order valence-corrected chi connectivity index (χ3v) is 4.55. The molecule has 0 amide bonds. The molecule has 2 heterocycles. The number of esters is 1. The average molecular weight is 334 g/mol. The van der Waals surface area contributed by atoms with Crippen LogP contribution < -0.4 is 4.90 Å². The normalized spacial score (nSPS) is 10.6. The van der Waals surface area contributed by atoms with Crippen molar-refractivity contribution in [3.8, 4) is 0 Å². The number of rotatable bonds is 7. The summed E-state index contributed by atoms with van der Waals surface area (Å²) in [7, 11) is 5.28. The Bertz CT molecular complexity index is 722. The Morgan fingerprint density at radius 3 is 2.78 bits per heavy atom. The van der Waals surface area contributed by atoms with Crippen molar-refractivity contribution in [1.29, 1.82) is 0 Å². The van der Waals surface area contributed by atoms with Gasteiger partial charge >= 0.3 is 5.97 Å². The molecule has 0 aromatic carbocycles. The van der Waals surface area contributed by atoms with E-state index in [1.165, 1.54) is 18.4 Å². The van der Waals surface area contributed by atoms with Gasteiger partial charge in [-0.25, -0.2) is 9.78 Å². The van der Waals surface area contributed by atoms with E-state index in [0.29, 0.717) is 22.8 Å². The van der Waals surface area contributed by atoms with Crippen molar-refractivity contribution in [2.75, 3.05) is 32.7 Å². The Labute approximate surface area is 140 Å². The molecule has 0 aliphatic heterocycles. The number of carbonyl (C=O) groups excluding carboxylic acids is 1. The highest BCUT2D eigenvalue weighted by Gasteiger charge is 2.25. The Balaban J connectivity index is 2.61. The first-order valence-electron chi connectivity index (χ1n) is 7.50. The molecule has 0 aliphatic carbocycles. The van der Waals surface area contributed by atoms with E-state index in [0.717, 1.165) is 28.7 Å². The molecule has 0 unspecified atom stereocenters. The summed E-state index contributed by atoms with van der Waals surface area (Å²) in [6.45, 7) is 6.70. The minimum absolute atomic E-state index is 0.395. The van der Waals surface area contributed by atoms with Gasteiger partial charge in [0.25, 0.3) is 0 Å². The molecule has 124 valence electrons. The molecule has 23 heavy (non-hydrogen) atoms. The number of methoxy groups -OCH3 is 1. The lowest BCUT2D eigenvalue weighted by Gasteiger charge is -2.16. The first kappa shape index (κ1) is 17.3. The minimum Gasteiger partial charge on any atom is -0.494 e. The maximum atomic E-state index is 12.2. The van der Waals surface area contributed by atoms with Crippen molar-refractivity contribution < 1.29 is 14.3 Å². The highest BCUT2D eigenvalue weighted by molar-refractivity contribution is 7.20. The Morgan fingerprint density at radius 1 is 1.43 bits per heavy atom. The smallest absolute Gasteiger partial charge is 0.348 e. The molecule has 0 saturated heterocycles. The molecule has 0 aliphatic rings. The number of hydrogen-bond acceptors (Lipinski definition) is 6. The maximum Gasteiger partial charge on any atom is 0.348 e. The van der Waals surface area contributed by atoms with E-state index < -0.39 is 5.97 Å². The number of unbranched alkanes of at least 4 members (excludes halogenated alkanes) is 1. The molecule has 2 aromatic rings. The summed E-state index contributed by atoms with van der Waals surface area (Å²) in [5.41, 5.74) is 1.65. The molecule has 0 spiro atoms. The van der Waals surface area contributed by atoms with Gasteiger partial charge in [-0.15, -0.1) is 11.3 Å². The molecule has 0 saturated carbocycles. The number of aromatic nitrogens is 1. The Morgan fingerprint density at radius 2 is 2.17 bits per heavy atom. The van der Waals surface area contributed by atoms with Gasteiger partial charge in [0.15, 0.2) is 0 Å². The van der Waals surface area contributed by atoms with Crippen LogP contribution in [0.3, 0.4) is 0 Å². The largest absolute Gasteiger partial charge is 0.494 e. The zero-order valence-electron chi connectivity index (χ0n) is 14.0. The van der Waals surface area contributed by atoms with Crippen LogP contribution in [-0.2, 0) is 9.47 Å². The van der Waals surface area contributed by atoms with Gasteiger partial charge in [0, 0.05) is 31.4 Å². The summed E-state index contributed by atoms with van der Waals surface area (Å²) < 4.78 is 10.7. The van der Waals surface area contributed by atoms with Crippen LogP contribution in [0.5, 0.6) is 0 Å². The highest BCUT2D eigenvalue weighted by atomic mass is 32.1. The number of nitrogens with zero attached hydrogens (tertiary/aromatic N) is 2. The lowest BCUT2D eigenvalue weighted by Crippen LogP contribution is -2.10. The fraction of sp³-hybridized carbons (Fsp3) is 0.412. The van der Waals surface area contributed by atoms with Crippen LogP contribution in [0.4, 0.5) is 5.69 Å². The average Bonchev–Trinajstić information content (AvgIpc) is 2.93. The molecule has 0 bridgehead atoms. The van der Waals surface area contributed by atoms with Gasteiger partial charge < -0.3 is 14.4 Å². The molecule has 0 N–H and O–H groups in total. The summed E-state index contributed by atoms with van der Waals surface area (Å²) in [6.07, 6.45) is 3.71. The first-order valence-corrected chi connectivity index (χ1v) is 8.32. The SMILES string of the molecule is C=C(OCCCC)c1c(C(=O)OC)sc2nccc(N(C)C)c12. The quantitative estimate of drug-likeness (QED) is 0.436. The predicted octanol–water partition coefficient (Wildman–Crippen LogP) is 3.94. The van der Waals surface area contributed by atoms with Crippen molar-refractivity contribution in [2.24, 2.45) is 0 Å². The van der Waals surface area contributed by atoms with Crippen LogP contribution in [0.1, 0.15) is 35.0 Å². The lowest BCUT2D eigenvalue weighted by atomic mass is 10.1. The number of carbonyl (C=O) groups is 1. The van der Waals surface area contributed by atoms with Gasteiger partial charge in [-0.05, 0) is 12.5 Å². The number of pyridine rings is 1. The number of anilines is 1. The number of ether oxygens (including phenoxy) is 2. The first-order chi connectivity index (χ1) is 11.0. The van der Waals surface area contributed by atoms with E-state index in [2.05, 4.69) is 18.5 Å². The van der Waals surface area contributed by atoms with E-state index in [1.54, 1.807) is 6.20 Å². The molecule has 2 rings (SSSR count). The van der Waals surface area contributed by atoms with Gasteiger partial charge in [0.2, 0.25) is 0 Å². The van der Waals surface area contributed by atoms with Crippen molar-refractivity contribution in [1.82, 2.24) is 4.98 Å². The van der Waals surface area contributed by atoms with Crippen LogP contribution in [-0.4, -0.2) is 38.8 Å². The van der Waals surface area contributed by atoms with Gasteiger partial charge in [0.05, 0.1) is 19.3 Å². The molecule has 0 fully saturated rings. The monoisotopic (exact) mass is 334 g/mol.